The van der Waals surface area contributed by atoms with Crippen LogP contribution in [0.1, 0.15) is 37.7 Å². The average Bonchev–Trinajstić information content (AvgIpc) is 3.20. The molecule has 0 bridgehead atoms. The van der Waals surface area contributed by atoms with E-state index >= 15 is 0 Å². The molecule has 2 fully saturated rings. The highest BCUT2D eigenvalue weighted by molar-refractivity contribution is 5.77. The Bertz CT molecular complexity index is 461. The van der Waals surface area contributed by atoms with Crippen LogP contribution in [0.15, 0.2) is 12.4 Å². The monoisotopic (exact) mass is 277 g/mol. The molecule has 20 heavy (non-hydrogen) atoms. The van der Waals surface area contributed by atoms with E-state index in [4.69, 9.17) is 4.74 Å². The lowest BCUT2D eigenvalue weighted by Gasteiger charge is -2.26. The zero-order valence-corrected chi connectivity index (χ0v) is 12.1. The highest BCUT2D eigenvalue weighted by atomic mass is 16.5. The fourth-order valence-corrected chi connectivity index (χ4v) is 2.89. The van der Waals surface area contributed by atoms with Gasteiger partial charge in [0.1, 0.15) is 0 Å². The molecule has 1 aromatic rings. The molecule has 1 aliphatic carbocycles. The molecule has 1 atom stereocenters. The van der Waals surface area contributed by atoms with Crippen molar-refractivity contribution in [3.63, 3.8) is 0 Å². The van der Waals surface area contributed by atoms with E-state index in [2.05, 4.69) is 5.10 Å². The van der Waals surface area contributed by atoms with Crippen LogP contribution in [-0.2, 0) is 23.1 Å². The van der Waals surface area contributed by atoms with Gasteiger partial charge < -0.3 is 9.64 Å². The Balaban J connectivity index is 1.59. The van der Waals surface area contributed by atoms with E-state index in [0.29, 0.717) is 24.9 Å². The van der Waals surface area contributed by atoms with E-state index in [9.17, 15) is 4.79 Å². The summed E-state index contributed by atoms with van der Waals surface area (Å²) in [6.07, 6.45) is 8.98. The number of aryl methyl sites for hydroxylation is 1. The second-order valence-electron chi connectivity index (χ2n) is 6.06. The lowest BCUT2D eigenvalue weighted by Crippen LogP contribution is -2.35. The molecule has 2 aliphatic rings. The summed E-state index contributed by atoms with van der Waals surface area (Å²) in [5, 5.41) is 4.18. The van der Waals surface area contributed by atoms with Crippen LogP contribution in [0.3, 0.4) is 0 Å². The van der Waals surface area contributed by atoms with E-state index in [1.807, 2.05) is 24.3 Å². The molecule has 110 valence electrons. The lowest BCUT2D eigenvalue weighted by molar-refractivity contribution is -0.134. The van der Waals surface area contributed by atoms with Gasteiger partial charge in [-0.25, -0.2) is 0 Å². The van der Waals surface area contributed by atoms with Crippen LogP contribution in [0, 0.1) is 5.92 Å². The smallest absolute Gasteiger partial charge is 0.223 e. The molecule has 5 nitrogen and oxygen atoms in total. The molecule has 0 unspecified atom stereocenters. The largest absolute Gasteiger partial charge is 0.381 e. The summed E-state index contributed by atoms with van der Waals surface area (Å²) >= 11 is 0. The van der Waals surface area contributed by atoms with Gasteiger partial charge in [-0.05, 0) is 31.6 Å². The number of aromatic nitrogens is 2. The van der Waals surface area contributed by atoms with E-state index in [-0.39, 0.29) is 5.91 Å². The SMILES string of the molecule is Cn1cc(CN(C(=O)C[C@H]2CCCOC2)C2CC2)cn1. The molecule has 0 radical (unpaired) electrons. The van der Waals surface area contributed by atoms with Crippen LogP contribution < -0.4 is 0 Å². The van der Waals surface area contributed by atoms with Gasteiger partial charge in [0.2, 0.25) is 5.91 Å². The number of nitrogens with zero attached hydrogens (tertiary/aromatic N) is 3. The quantitative estimate of drug-likeness (QED) is 0.823. The molecule has 0 aromatic carbocycles. The van der Waals surface area contributed by atoms with E-state index in [1.165, 1.54) is 0 Å². The Morgan fingerprint density at radius 2 is 2.35 bits per heavy atom. The normalized spacial score (nSPS) is 22.8. The summed E-state index contributed by atoms with van der Waals surface area (Å²) in [7, 11) is 1.91. The lowest BCUT2D eigenvalue weighted by atomic mass is 9.98. The maximum absolute atomic E-state index is 12.5. The summed E-state index contributed by atoms with van der Waals surface area (Å²) in [5.41, 5.74) is 1.12. The van der Waals surface area contributed by atoms with Crippen molar-refractivity contribution in [3.05, 3.63) is 18.0 Å². The van der Waals surface area contributed by atoms with Crippen molar-refractivity contribution in [1.82, 2.24) is 14.7 Å². The first-order valence-corrected chi connectivity index (χ1v) is 7.57. The second-order valence-corrected chi connectivity index (χ2v) is 6.06. The van der Waals surface area contributed by atoms with Crippen molar-refractivity contribution < 1.29 is 9.53 Å². The molecule has 0 spiro atoms. The van der Waals surface area contributed by atoms with Gasteiger partial charge in [-0.1, -0.05) is 0 Å². The van der Waals surface area contributed by atoms with Crippen molar-refractivity contribution in [1.29, 1.82) is 0 Å². The van der Waals surface area contributed by atoms with E-state index < -0.39 is 0 Å². The van der Waals surface area contributed by atoms with Gasteiger partial charge in [0.15, 0.2) is 0 Å². The standard InChI is InChI=1S/C15H23N3O2/c1-17-9-13(8-16-17)10-18(14-4-5-14)15(19)7-12-3-2-6-20-11-12/h8-9,12,14H,2-7,10-11H2,1H3/t12-/m1/s1. The Labute approximate surface area is 119 Å². The average molecular weight is 277 g/mol. The fraction of sp³-hybridized carbons (Fsp3) is 0.733. The summed E-state index contributed by atoms with van der Waals surface area (Å²) in [5.74, 6) is 0.693. The number of carbonyl (C=O) groups is 1. The Morgan fingerprint density at radius 3 is 2.95 bits per heavy atom. The zero-order valence-electron chi connectivity index (χ0n) is 12.1. The molecular weight excluding hydrogens is 254 g/mol. The second kappa shape index (κ2) is 5.95. The minimum Gasteiger partial charge on any atom is -0.381 e. The number of hydrogen-bond donors (Lipinski definition) is 0. The third-order valence-electron chi connectivity index (χ3n) is 4.14. The van der Waals surface area contributed by atoms with Crippen LogP contribution in [0.25, 0.3) is 0 Å². The minimum atomic E-state index is 0.284. The van der Waals surface area contributed by atoms with Crippen molar-refractivity contribution >= 4 is 5.91 Å². The molecule has 5 heteroatoms. The highest BCUT2D eigenvalue weighted by Crippen LogP contribution is 2.30. The molecule has 1 saturated heterocycles. The molecule has 1 aromatic heterocycles. The van der Waals surface area contributed by atoms with Crippen LogP contribution in [-0.4, -0.2) is 39.8 Å². The third-order valence-corrected chi connectivity index (χ3v) is 4.14. The first-order chi connectivity index (χ1) is 9.72. The number of amides is 1. The third kappa shape index (κ3) is 3.39. The number of hydrogen-bond acceptors (Lipinski definition) is 3. The molecule has 1 aliphatic heterocycles. The van der Waals surface area contributed by atoms with E-state index in [0.717, 1.165) is 44.5 Å². The van der Waals surface area contributed by atoms with Crippen molar-refractivity contribution in [2.75, 3.05) is 13.2 Å². The Morgan fingerprint density at radius 1 is 1.50 bits per heavy atom. The predicted octanol–water partition coefficient (Wildman–Crippen LogP) is 1.73. The summed E-state index contributed by atoms with van der Waals surface area (Å²) in [4.78, 5) is 14.6. The number of rotatable bonds is 5. The van der Waals surface area contributed by atoms with Crippen LogP contribution in [0.5, 0.6) is 0 Å². The van der Waals surface area contributed by atoms with Crippen molar-refractivity contribution in [3.8, 4) is 0 Å². The van der Waals surface area contributed by atoms with Crippen molar-refractivity contribution in [2.24, 2.45) is 13.0 Å². The number of carbonyl (C=O) groups excluding carboxylic acids is 1. The van der Waals surface area contributed by atoms with Gasteiger partial charge in [-0.3, -0.25) is 9.48 Å². The maximum Gasteiger partial charge on any atom is 0.223 e. The minimum absolute atomic E-state index is 0.284. The van der Waals surface area contributed by atoms with E-state index in [1.54, 1.807) is 4.68 Å². The first kappa shape index (κ1) is 13.6. The topological polar surface area (TPSA) is 47.4 Å². The van der Waals surface area contributed by atoms with Crippen LogP contribution in [0.2, 0.25) is 0 Å². The predicted molar refractivity (Wildman–Crippen MR) is 74.9 cm³/mol. The van der Waals surface area contributed by atoms with Gasteiger partial charge in [0.25, 0.3) is 0 Å². The molecular formula is C15H23N3O2. The van der Waals surface area contributed by atoms with Gasteiger partial charge >= 0.3 is 0 Å². The summed E-state index contributed by atoms with van der Waals surface area (Å²) < 4.78 is 7.27. The highest BCUT2D eigenvalue weighted by Gasteiger charge is 2.33. The van der Waals surface area contributed by atoms with Crippen LogP contribution in [0.4, 0.5) is 0 Å². The first-order valence-electron chi connectivity index (χ1n) is 7.57. The summed E-state index contributed by atoms with van der Waals surface area (Å²) in [6, 6.07) is 0.451. The van der Waals surface area contributed by atoms with Crippen molar-refractivity contribution in [2.45, 2.75) is 44.7 Å². The molecule has 2 heterocycles. The van der Waals surface area contributed by atoms with Gasteiger partial charge in [-0.15, -0.1) is 0 Å². The van der Waals surface area contributed by atoms with Gasteiger partial charge in [-0.2, -0.15) is 5.10 Å². The molecule has 3 rings (SSSR count). The molecule has 1 amide bonds. The van der Waals surface area contributed by atoms with Gasteiger partial charge in [0, 0.05) is 51.0 Å². The molecule has 1 saturated carbocycles. The Hall–Kier alpha value is -1.36. The summed E-state index contributed by atoms with van der Waals surface area (Å²) in [6.45, 7) is 2.30. The number of ether oxygens (including phenoxy) is 1. The van der Waals surface area contributed by atoms with Gasteiger partial charge in [0.05, 0.1) is 6.20 Å². The van der Waals surface area contributed by atoms with Crippen LogP contribution >= 0.6 is 0 Å². The fourth-order valence-electron chi connectivity index (χ4n) is 2.89. The zero-order chi connectivity index (χ0) is 13.9. The Kier molecular flexibility index (Phi) is 4.05. The molecule has 0 N–H and O–H groups in total. The maximum atomic E-state index is 12.5.